The number of alkyl halides is 1. The minimum Gasteiger partial charge on any atom is -0.237 e. The normalized spacial score (nSPS) is 19.0. The van der Waals surface area contributed by atoms with Gasteiger partial charge in [0.05, 0.1) is 10.4 Å². The number of hydrogen-bond acceptors (Lipinski definition) is 2. The molecule has 1 aliphatic carbocycles. The Hall–Kier alpha value is -2.56. The lowest BCUT2D eigenvalue weighted by Gasteiger charge is -2.28. The van der Waals surface area contributed by atoms with Crippen LogP contribution in [0.15, 0.2) is 83.8 Å². The summed E-state index contributed by atoms with van der Waals surface area (Å²) in [6, 6.07) is 24.9. The van der Waals surface area contributed by atoms with E-state index in [1.54, 1.807) is 16.1 Å². The van der Waals surface area contributed by atoms with Gasteiger partial charge in [0.1, 0.15) is 0 Å². The molecule has 0 fully saturated rings. The molecule has 5 heteroatoms. The zero-order valence-corrected chi connectivity index (χ0v) is 18.2. The maximum atomic E-state index is 13.9. The van der Waals surface area contributed by atoms with Gasteiger partial charge < -0.3 is 0 Å². The molecule has 3 nitrogen and oxygen atoms in total. The summed E-state index contributed by atoms with van der Waals surface area (Å²) in [6.45, 7) is 1.95. The molecule has 1 aliphatic rings. The van der Waals surface area contributed by atoms with E-state index < -0.39 is 10.0 Å². The van der Waals surface area contributed by atoms with Crippen molar-refractivity contribution in [1.29, 1.82) is 0 Å². The zero-order valence-electron chi connectivity index (χ0n) is 16.6. The third-order valence-electron chi connectivity index (χ3n) is 5.98. The van der Waals surface area contributed by atoms with E-state index in [9.17, 15) is 8.42 Å². The van der Waals surface area contributed by atoms with E-state index in [2.05, 4.69) is 12.1 Å². The Morgan fingerprint density at radius 2 is 1.57 bits per heavy atom. The summed E-state index contributed by atoms with van der Waals surface area (Å²) in [5.74, 6) is -0.0786. The second kappa shape index (κ2) is 7.29. The molecule has 1 aromatic heterocycles. The van der Waals surface area contributed by atoms with E-state index in [0.29, 0.717) is 17.7 Å². The average Bonchev–Trinajstić information content (AvgIpc) is 3.09. The van der Waals surface area contributed by atoms with Crippen molar-refractivity contribution in [2.24, 2.45) is 0 Å². The van der Waals surface area contributed by atoms with Crippen LogP contribution in [0.25, 0.3) is 10.9 Å². The van der Waals surface area contributed by atoms with Crippen LogP contribution in [-0.4, -0.2) is 17.8 Å². The molecule has 2 atom stereocenters. The number of para-hydroxylation sites is 1. The van der Waals surface area contributed by atoms with Gasteiger partial charge in [-0.1, -0.05) is 66.2 Å². The fraction of sp³-hybridized carbons (Fsp3) is 0.200. The molecule has 0 radical (unpaired) electrons. The Labute approximate surface area is 182 Å². The number of benzene rings is 3. The van der Waals surface area contributed by atoms with Crippen molar-refractivity contribution in [2.45, 2.75) is 36.0 Å². The van der Waals surface area contributed by atoms with Crippen molar-refractivity contribution in [2.75, 3.05) is 0 Å². The second-order valence-electron chi connectivity index (χ2n) is 7.96. The first kappa shape index (κ1) is 19.4. The minimum absolute atomic E-state index is 0.0379. The van der Waals surface area contributed by atoms with Crippen LogP contribution >= 0.6 is 11.6 Å². The number of aromatic nitrogens is 1. The summed E-state index contributed by atoms with van der Waals surface area (Å²) in [5.41, 5.74) is 4.73. The molecule has 0 amide bonds. The Bertz CT molecular complexity index is 1330. The summed E-state index contributed by atoms with van der Waals surface area (Å²) in [7, 11) is -3.77. The number of hydrogen-bond donors (Lipinski definition) is 0. The third-order valence-corrected chi connectivity index (χ3v) is 8.06. The molecular formula is C25H22ClNO2S. The molecule has 0 unspecified atom stereocenters. The fourth-order valence-electron chi connectivity index (χ4n) is 4.59. The van der Waals surface area contributed by atoms with Gasteiger partial charge >= 0.3 is 0 Å². The Balaban J connectivity index is 1.84. The van der Waals surface area contributed by atoms with Crippen LogP contribution in [-0.2, 0) is 16.4 Å². The highest BCUT2D eigenvalue weighted by molar-refractivity contribution is 7.90. The van der Waals surface area contributed by atoms with Gasteiger partial charge in [0.2, 0.25) is 0 Å². The molecule has 30 heavy (non-hydrogen) atoms. The molecule has 0 saturated carbocycles. The van der Waals surface area contributed by atoms with Crippen LogP contribution in [0.3, 0.4) is 0 Å². The standard InChI is InChI=1S/C25H22ClNO2S/c1-17-11-13-20(14-12-17)30(28,29)27-24-10-6-5-9-21(24)23-16-19(26)15-22(25(23)27)18-7-3-2-4-8-18/h2-14,19,22H,15-16H2,1H3/t19-,22-/m1/s1. The lowest BCUT2D eigenvalue weighted by atomic mass is 9.82. The van der Waals surface area contributed by atoms with Crippen LogP contribution in [0.5, 0.6) is 0 Å². The monoisotopic (exact) mass is 435 g/mol. The number of fused-ring (bicyclic) bond motifs is 3. The number of aryl methyl sites for hydroxylation is 1. The smallest absolute Gasteiger partial charge is 0.237 e. The Morgan fingerprint density at radius 3 is 2.30 bits per heavy atom. The highest BCUT2D eigenvalue weighted by Crippen LogP contribution is 2.44. The molecule has 0 bridgehead atoms. The van der Waals surface area contributed by atoms with Crippen molar-refractivity contribution in [3.63, 3.8) is 0 Å². The maximum absolute atomic E-state index is 13.9. The van der Waals surface area contributed by atoms with E-state index in [4.69, 9.17) is 11.6 Å². The number of nitrogens with zero attached hydrogens (tertiary/aromatic N) is 1. The first-order chi connectivity index (χ1) is 14.5. The molecule has 0 N–H and O–H groups in total. The van der Waals surface area contributed by atoms with Crippen LogP contribution in [0.4, 0.5) is 0 Å². The van der Waals surface area contributed by atoms with Crippen molar-refractivity contribution in [3.8, 4) is 0 Å². The van der Waals surface area contributed by atoms with E-state index in [-0.39, 0.29) is 11.3 Å². The summed E-state index contributed by atoms with van der Waals surface area (Å²) < 4.78 is 29.3. The molecular weight excluding hydrogens is 414 g/mol. The highest BCUT2D eigenvalue weighted by atomic mass is 35.5. The van der Waals surface area contributed by atoms with Gasteiger partial charge in [-0.15, -0.1) is 11.6 Å². The zero-order chi connectivity index (χ0) is 20.9. The first-order valence-electron chi connectivity index (χ1n) is 10.1. The van der Waals surface area contributed by atoms with Crippen molar-refractivity contribution >= 4 is 32.5 Å². The van der Waals surface area contributed by atoms with Gasteiger partial charge in [0.25, 0.3) is 10.0 Å². The number of rotatable bonds is 3. The van der Waals surface area contributed by atoms with E-state index in [1.165, 1.54) is 0 Å². The van der Waals surface area contributed by atoms with Gasteiger partial charge in [-0.05, 0) is 49.1 Å². The Morgan fingerprint density at radius 1 is 0.900 bits per heavy atom. The molecule has 3 aromatic carbocycles. The van der Waals surface area contributed by atoms with Crippen LogP contribution in [0.1, 0.15) is 34.7 Å². The van der Waals surface area contributed by atoms with Crippen LogP contribution in [0, 0.1) is 6.92 Å². The second-order valence-corrected chi connectivity index (χ2v) is 10.4. The van der Waals surface area contributed by atoms with Crippen molar-refractivity contribution in [3.05, 3.63) is 101 Å². The largest absolute Gasteiger partial charge is 0.268 e. The summed E-state index contributed by atoms with van der Waals surface area (Å²) >= 11 is 6.69. The lowest BCUT2D eigenvalue weighted by Crippen LogP contribution is -2.25. The molecule has 4 aromatic rings. The topological polar surface area (TPSA) is 39.1 Å². The summed E-state index contributed by atoms with van der Waals surface area (Å²) in [4.78, 5) is 0.302. The SMILES string of the molecule is Cc1ccc(S(=O)(=O)n2c3c(c4ccccc42)C[C@H](Cl)C[C@@H]3c2ccccc2)cc1. The summed E-state index contributed by atoms with van der Waals surface area (Å²) in [5, 5.41) is 0.929. The van der Waals surface area contributed by atoms with Gasteiger partial charge in [0.15, 0.2) is 0 Å². The molecule has 0 spiro atoms. The van der Waals surface area contributed by atoms with Gasteiger partial charge in [-0.2, -0.15) is 0 Å². The van der Waals surface area contributed by atoms with Crippen LogP contribution in [0.2, 0.25) is 0 Å². The molecule has 0 aliphatic heterocycles. The molecule has 5 rings (SSSR count). The predicted molar refractivity (Wildman–Crippen MR) is 122 cm³/mol. The third kappa shape index (κ3) is 3.06. The lowest BCUT2D eigenvalue weighted by molar-refractivity contribution is 0.571. The predicted octanol–water partition coefficient (Wildman–Crippen LogP) is 5.87. The van der Waals surface area contributed by atoms with Gasteiger partial charge in [-0.25, -0.2) is 12.4 Å². The first-order valence-corrected chi connectivity index (χ1v) is 12.0. The van der Waals surface area contributed by atoms with E-state index >= 15 is 0 Å². The molecule has 152 valence electrons. The van der Waals surface area contributed by atoms with Gasteiger partial charge in [0, 0.05) is 22.4 Å². The number of halogens is 1. The quantitative estimate of drug-likeness (QED) is 0.377. The highest BCUT2D eigenvalue weighted by Gasteiger charge is 2.36. The summed E-state index contributed by atoms with van der Waals surface area (Å²) in [6.07, 6.45) is 1.37. The van der Waals surface area contributed by atoms with Crippen molar-refractivity contribution in [1.82, 2.24) is 3.97 Å². The van der Waals surface area contributed by atoms with Crippen LogP contribution < -0.4 is 0 Å². The average molecular weight is 436 g/mol. The van der Waals surface area contributed by atoms with Gasteiger partial charge in [-0.3, -0.25) is 0 Å². The molecule has 1 heterocycles. The van der Waals surface area contributed by atoms with E-state index in [0.717, 1.165) is 33.3 Å². The minimum atomic E-state index is -3.77. The fourth-order valence-corrected chi connectivity index (χ4v) is 6.53. The van der Waals surface area contributed by atoms with E-state index in [1.807, 2.05) is 61.5 Å². The molecule has 0 saturated heterocycles. The van der Waals surface area contributed by atoms with Crippen molar-refractivity contribution < 1.29 is 8.42 Å². The Kier molecular flexibility index (Phi) is 4.72. The maximum Gasteiger partial charge on any atom is 0.268 e.